The molecule has 0 spiro atoms. The molecule has 0 saturated carbocycles. The molecule has 2 aromatic carbocycles. The van der Waals surface area contributed by atoms with Crippen LogP contribution in [0.2, 0.25) is 0 Å². The van der Waals surface area contributed by atoms with Gasteiger partial charge in [-0.2, -0.15) is 0 Å². The summed E-state index contributed by atoms with van der Waals surface area (Å²) in [4.78, 5) is 0.210. The first-order valence-corrected chi connectivity index (χ1v) is 9.02. The molecule has 0 amide bonds. The summed E-state index contributed by atoms with van der Waals surface area (Å²) in [7, 11) is -0.669. The van der Waals surface area contributed by atoms with Crippen LogP contribution < -0.4 is 18.9 Å². The fraction of sp³-hybridized carbons (Fsp3) is 0.294. The minimum absolute atomic E-state index is 0.210. The van der Waals surface area contributed by atoms with Crippen molar-refractivity contribution in [3.8, 4) is 17.2 Å². The third-order valence-corrected chi connectivity index (χ3v) is 5.20. The maximum absolute atomic E-state index is 12.6. The Kier molecular flexibility index (Phi) is 4.53. The molecule has 0 atom stereocenters. The number of benzene rings is 2. The molecule has 0 fully saturated rings. The number of anilines is 1. The molecular weight excluding hydrogens is 330 g/mol. The van der Waals surface area contributed by atoms with E-state index in [1.54, 1.807) is 36.4 Å². The van der Waals surface area contributed by atoms with Crippen molar-refractivity contribution in [2.75, 3.05) is 25.5 Å². The molecule has 0 unspecified atom stereocenters. The molecule has 0 bridgehead atoms. The van der Waals surface area contributed by atoms with E-state index < -0.39 is 10.0 Å². The van der Waals surface area contributed by atoms with Gasteiger partial charge in [-0.05, 0) is 48.7 Å². The Labute approximate surface area is 141 Å². The van der Waals surface area contributed by atoms with Crippen molar-refractivity contribution in [1.29, 1.82) is 0 Å². The molecule has 0 radical (unpaired) electrons. The summed E-state index contributed by atoms with van der Waals surface area (Å²) in [6, 6.07) is 9.78. The molecule has 2 aromatic rings. The number of sulfonamides is 1. The van der Waals surface area contributed by atoms with Crippen LogP contribution in [0.15, 0.2) is 41.3 Å². The first-order valence-electron chi connectivity index (χ1n) is 7.54. The Balaban J connectivity index is 1.89. The molecule has 7 heteroatoms. The number of aryl methyl sites for hydroxylation is 1. The van der Waals surface area contributed by atoms with Gasteiger partial charge in [-0.25, -0.2) is 8.42 Å². The second-order valence-electron chi connectivity index (χ2n) is 5.40. The third kappa shape index (κ3) is 3.26. The van der Waals surface area contributed by atoms with E-state index in [-0.39, 0.29) is 4.90 Å². The molecular formula is C17H19NO5S. The number of hydrogen-bond acceptors (Lipinski definition) is 5. The summed E-state index contributed by atoms with van der Waals surface area (Å²) in [6.07, 6.45) is 1.70. The SMILES string of the molecule is COc1ccc(NS(=O)(=O)c2ccc3c(c2)CCCO3)cc1OC. The van der Waals surface area contributed by atoms with Crippen molar-refractivity contribution in [3.05, 3.63) is 42.0 Å². The normalized spacial score (nSPS) is 13.6. The number of methoxy groups -OCH3 is 2. The van der Waals surface area contributed by atoms with Crippen molar-refractivity contribution in [1.82, 2.24) is 0 Å². The van der Waals surface area contributed by atoms with Crippen LogP contribution in [0, 0.1) is 0 Å². The lowest BCUT2D eigenvalue weighted by molar-refractivity contribution is 0.288. The van der Waals surface area contributed by atoms with Gasteiger partial charge in [0.25, 0.3) is 10.0 Å². The Bertz CT molecular complexity index is 848. The standard InChI is InChI=1S/C17H19NO5S/c1-21-16-7-5-13(11-17(16)22-2)18-24(19,20)14-6-8-15-12(10-14)4-3-9-23-15/h5-8,10-11,18H,3-4,9H2,1-2H3. The van der Waals surface area contributed by atoms with Crippen LogP contribution in [0.5, 0.6) is 17.2 Å². The lowest BCUT2D eigenvalue weighted by Gasteiger charge is -2.18. The Morgan fingerprint density at radius 2 is 1.83 bits per heavy atom. The van der Waals surface area contributed by atoms with Crippen LogP contribution in [0.1, 0.15) is 12.0 Å². The van der Waals surface area contributed by atoms with Gasteiger partial charge < -0.3 is 14.2 Å². The van der Waals surface area contributed by atoms with Crippen molar-refractivity contribution < 1.29 is 22.6 Å². The average Bonchev–Trinajstić information content (AvgIpc) is 2.60. The van der Waals surface area contributed by atoms with Gasteiger partial charge in [-0.3, -0.25) is 4.72 Å². The van der Waals surface area contributed by atoms with Crippen LogP contribution in [-0.2, 0) is 16.4 Å². The van der Waals surface area contributed by atoms with E-state index in [9.17, 15) is 8.42 Å². The largest absolute Gasteiger partial charge is 0.493 e. The predicted molar refractivity (Wildman–Crippen MR) is 90.6 cm³/mol. The summed E-state index contributed by atoms with van der Waals surface area (Å²) in [5.74, 6) is 1.74. The molecule has 3 rings (SSSR count). The molecule has 24 heavy (non-hydrogen) atoms. The van der Waals surface area contributed by atoms with Crippen molar-refractivity contribution in [2.24, 2.45) is 0 Å². The summed E-state index contributed by atoms with van der Waals surface area (Å²) in [6.45, 7) is 0.670. The number of rotatable bonds is 5. The molecule has 6 nitrogen and oxygen atoms in total. The number of hydrogen-bond donors (Lipinski definition) is 1. The minimum atomic E-state index is -3.69. The molecule has 0 aromatic heterocycles. The van der Waals surface area contributed by atoms with E-state index in [1.165, 1.54) is 14.2 Å². The molecule has 128 valence electrons. The van der Waals surface area contributed by atoms with Gasteiger partial charge >= 0.3 is 0 Å². The summed E-state index contributed by atoms with van der Waals surface area (Å²) in [5.41, 5.74) is 1.32. The van der Waals surface area contributed by atoms with Crippen LogP contribution in [0.25, 0.3) is 0 Å². The highest BCUT2D eigenvalue weighted by molar-refractivity contribution is 7.92. The number of ether oxygens (including phenoxy) is 3. The van der Waals surface area contributed by atoms with Crippen molar-refractivity contribution in [3.63, 3.8) is 0 Å². The highest BCUT2D eigenvalue weighted by Crippen LogP contribution is 2.32. The lowest BCUT2D eigenvalue weighted by atomic mass is 10.1. The van der Waals surface area contributed by atoms with Gasteiger partial charge in [0.2, 0.25) is 0 Å². The second kappa shape index (κ2) is 6.60. The highest BCUT2D eigenvalue weighted by atomic mass is 32.2. The molecule has 0 aliphatic carbocycles. The fourth-order valence-corrected chi connectivity index (χ4v) is 3.72. The topological polar surface area (TPSA) is 73.9 Å². The Morgan fingerprint density at radius 3 is 2.58 bits per heavy atom. The fourth-order valence-electron chi connectivity index (χ4n) is 2.62. The van der Waals surface area contributed by atoms with Crippen molar-refractivity contribution in [2.45, 2.75) is 17.7 Å². The zero-order valence-electron chi connectivity index (χ0n) is 13.5. The minimum Gasteiger partial charge on any atom is -0.493 e. The predicted octanol–water partition coefficient (Wildman–Crippen LogP) is 2.83. The molecule has 1 N–H and O–H groups in total. The summed E-state index contributed by atoms with van der Waals surface area (Å²) < 4.78 is 43.7. The number of nitrogens with one attached hydrogen (secondary N) is 1. The summed E-state index contributed by atoms with van der Waals surface area (Å²) in [5, 5.41) is 0. The second-order valence-corrected chi connectivity index (χ2v) is 7.08. The van der Waals surface area contributed by atoms with Gasteiger partial charge in [-0.1, -0.05) is 0 Å². The lowest BCUT2D eigenvalue weighted by Crippen LogP contribution is -2.15. The Morgan fingerprint density at radius 1 is 1.04 bits per heavy atom. The van der Waals surface area contributed by atoms with Gasteiger partial charge in [0, 0.05) is 6.07 Å². The van der Waals surface area contributed by atoms with E-state index in [0.717, 1.165) is 24.2 Å². The van der Waals surface area contributed by atoms with Crippen LogP contribution in [0.4, 0.5) is 5.69 Å². The van der Waals surface area contributed by atoms with Gasteiger partial charge in [-0.15, -0.1) is 0 Å². The van der Waals surface area contributed by atoms with Gasteiger partial charge in [0.05, 0.1) is 31.4 Å². The summed E-state index contributed by atoms with van der Waals surface area (Å²) >= 11 is 0. The van der Waals surface area contributed by atoms with E-state index in [1.807, 2.05) is 0 Å². The van der Waals surface area contributed by atoms with Crippen LogP contribution >= 0.6 is 0 Å². The molecule has 1 aliphatic heterocycles. The molecule has 1 heterocycles. The van der Waals surface area contributed by atoms with Gasteiger partial charge in [0.15, 0.2) is 11.5 Å². The zero-order chi connectivity index (χ0) is 17.2. The highest BCUT2D eigenvalue weighted by Gasteiger charge is 2.19. The number of fused-ring (bicyclic) bond motifs is 1. The maximum Gasteiger partial charge on any atom is 0.261 e. The third-order valence-electron chi connectivity index (χ3n) is 3.83. The first kappa shape index (κ1) is 16.4. The average molecular weight is 349 g/mol. The van der Waals surface area contributed by atoms with E-state index >= 15 is 0 Å². The van der Waals surface area contributed by atoms with Crippen molar-refractivity contribution >= 4 is 15.7 Å². The van der Waals surface area contributed by atoms with E-state index in [4.69, 9.17) is 14.2 Å². The van der Waals surface area contributed by atoms with Crippen LogP contribution in [-0.4, -0.2) is 29.2 Å². The van der Waals surface area contributed by atoms with E-state index in [0.29, 0.717) is 23.8 Å². The monoisotopic (exact) mass is 349 g/mol. The molecule has 0 saturated heterocycles. The van der Waals surface area contributed by atoms with E-state index in [2.05, 4.69) is 4.72 Å². The molecule has 1 aliphatic rings. The first-order chi connectivity index (χ1) is 11.5. The smallest absolute Gasteiger partial charge is 0.261 e. The quantitative estimate of drug-likeness (QED) is 0.898. The Hall–Kier alpha value is -2.41. The zero-order valence-corrected chi connectivity index (χ0v) is 14.4. The van der Waals surface area contributed by atoms with Crippen LogP contribution in [0.3, 0.4) is 0 Å². The maximum atomic E-state index is 12.6. The van der Waals surface area contributed by atoms with Gasteiger partial charge in [0.1, 0.15) is 5.75 Å².